The molecule has 0 aliphatic carbocycles. The van der Waals surface area contributed by atoms with Crippen LogP contribution in [0.4, 0.5) is 5.13 Å². The molecule has 2 heterocycles. The minimum atomic E-state index is -0.120. The molecular formula is C21H20BrN3O3S. The monoisotopic (exact) mass is 473 g/mol. The second-order valence-electron chi connectivity index (χ2n) is 6.92. The number of hydrogen-bond acceptors (Lipinski definition) is 5. The highest BCUT2D eigenvalue weighted by molar-refractivity contribution is 9.10. The Hall–Kier alpha value is -2.45. The number of halogens is 1. The Labute approximate surface area is 181 Å². The fourth-order valence-corrected chi connectivity index (χ4v) is 4.57. The average Bonchev–Trinajstić information content (AvgIpc) is 3.15. The van der Waals surface area contributed by atoms with Gasteiger partial charge >= 0.3 is 0 Å². The van der Waals surface area contributed by atoms with E-state index in [-0.39, 0.29) is 17.7 Å². The molecule has 1 aliphatic rings. The number of ether oxygens (including phenoxy) is 1. The van der Waals surface area contributed by atoms with Gasteiger partial charge in [-0.3, -0.25) is 9.59 Å². The molecule has 3 aromatic rings. The number of fused-ring (bicyclic) bond motifs is 1. The Morgan fingerprint density at radius 1 is 1.17 bits per heavy atom. The quantitative estimate of drug-likeness (QED) is 0.602. The summed E-state index contributed by atoms with van der Waals surface area (Å²) in [5, 5.41) is 3.53. The van der Waals surface area contributed by atoms with Crippen LogP contribution in [0.3, 0.4) is 0 Å². The maximum absolute atomic E-state index is 12.7. The highest BCUT2D eigenvalue weighted by atomic mass is 79.9. The zero-order valence-corrected chi connectivity index (χ0v) is 18.3. The summed E-state index contributed by atoms with van der Waals surface area (Å²) in [7, 11) is 1.62. The van der Waals surface area contributed by atoms with Crippen molar-refractivity contribution in [1.29, 1.82) is 0 Å². The Balaban J connectivity index is 1.35. The highest BCUT2D eigenvalue weighted by Gasteiger charge is 2.28. The lowest BCUT2D eigenvalue weighted by Gasteiger charge is -2.31. The van der Waals surface area contributed by atoms with Gasteiger partial charge in [0.2, 0.25) is 5.91 Å². The number of likely N-dealkylation sites (tertiary alicyclic amines) is 1. The molecule has 0 radical (unpaired) electrons. The highest BCUT2D eigenvalue weighted by Crippen LogP contribution is 2.30. The van der Waals surface area contributed by atoms with Crippen LogP contribution in [-0.4, -0.2) is 41.9 Å². The van der Waals surface area contributed by atoms with Gasteiger partial charge in [-0.2, -0.15) is 0 Å². The van der Waals surface area contributed by atoms with Crippen LogP contribution in [0.15, 0.2) is 46.9 Å². The van der Waals surface area contributed by atoms with Crippen LogP contribution in [-0.2, 0) is 4.79 Å². The molecule has 8 heteroatoms. The molecule has 1 N–H and O–H groups in total. The van der Waals surface area contributed by atoms with E-state index in [2.05, 4.69) is 26.2 Å². The number of carbonyl (C=O) groups excluding carboxylic acids is 2. The molecule has 0 unspecified atom stereocenters. The van der Waals surface area contributed by atoms with Crippen molar-refractivity contribution < 1.29 is 14.3 Å². The van der Waals surface area contributed by atoms with E-state index in [1.807, 2.05) is 47.4 Å². The van der Waals surface area contributed by atoms with E-state index < -0.39 is 0 Å². The molecule has 0 spiro atoms. The summed E-state index contributed by atoms with van der Waals surface area (Å²) < 4.78 is 7.14. The van der Waals surface area contributed by atoms with Crippen molar-refractivity contribution in [3.05, 3.63) is 52.5 Å². The third kappa shape index (κ3) is 4.43. The number of piperidine rings is 1. The number of benzene rings is 2. The molecule has 1 aromatic heterocycles. The third-order valence-electron chi connectivity index (χ3n) is 5.07. The SMILES string of the molecule is COc1ccc2nc(NC(=O)C3CCN(C(=O)c4ccc(Br)cc4)CC3)sc2c1. The minimum Gasteiger partial charge on any atom is -0.497 e. The predicted molar refractivity (Wildman–Crippen MR) is 118 cm³/mol. The first-order chi connectivity index (χ1) is 14.0. The molecule has 6 nitrogen and oxygen atoms in total. The van der Waals surface area contributed by atoms with Gasteiger partial charge < -0.3 is 15.0 Å². The van der Waals surface area contributed by atoms with Crippen molar-refractivity contribution in [2.24, 2.45) is 5.92 Å². The van der Waals surface area contributed by atoms with Crippen LogP contribution in [0.1, 0.15) is 23.2 Å². The van der Waals surface area contributed by atoms with E-state index in [1.165, 1.54) is 11.3 Å². The van der Waals surface area contributed by atoms with Crippen molar-refractivity contribution in [1.82, 2.24) is 9.88 Å². The molecular weight excluding hydrogens is 454 g/mol. The van der Waals surface area contributed by atoms with E-state index in [1.54, 1.807) is 7.11 Å². The summed E-state index contributed by atoms with van der Waals surface area (Å²) in [5.41, 5.74) is 1.50. The lowest BCUT2D eigenvalue weighted by molar-refractivity contribution is -0.121. The van der Waals surface area contributed by atoms with E-state index in [0.717, 1.165) is 20.4 Å². The standard InChI is InChI=1S/C21H20BrN3O3S/c1-28-16-6-7-17-18(12-16)29-21(23-17)24-19(26)13-8-10-25(11-9-13)20(27)14-2-4-15(22)5-3-14/h2-7,12-13H,8-11H2,1H3,(H,23,24,26). The van der Waals surface area contributed by atoms with Gasteiger partial charge in [-0.25, -0.2) is 4.98 Å². The van der Waals surface area contributed by atoms with Gasteiger partial charge in [0.25, 0.3) is 5.91 Å². The Morgan fingerprint density at radius 3 is 2.59 bits per heavy atom. The van der Waals surface area contributed by atoms with Gasteiger partial charge in [0.15, 0.2) is 5.13 Å². The van der Waals surface area contributed by atoms with Crippen molar-refractivity contribution in [2.75, 3.05) is 25.5 Å². The number of carbonyl (C=O) groups is 2. The molecule has 1 fully saturated rings. The molecule has 1 saturated heterocycles. The number of thiazole rings is 1. The molecule has 0 saturated carbocycles. The van der Waals surface area contributed by atoms with Crippen LogP contribution < -0.4 is 10.1 Å². The van der Waals surface area contributed by atoms with E-state index in [4.69, 9.17) is 4.74 Å². The number of methoxy groups -OCH3 is 1. The summed E-state index contributed by atoms with van der Waals surface area (Å²) in [5.74, 6) is 0.621. The largest absolute Gasteiger partial charge is 0.497 e. The van der Waals surface area contributed by atoms with Crippen LogP contribution in [0.5, 0.6) is 5.75 Å². The number of aromatic nitrogens is 1. The van der Waals surface area contributed by atoms with Gasteiger partial charge in [0, 0.05) is 29.0 Å². The van der Waals surface area contributed by atoms with Crippen LogP contribution >= 0.6 is 27.3 Å². The topological polar surface area (TPSA) is 71.5 Å². The summed E-state index contributed by atoms with van der Waals surface area (Å²) in [4.78, 5) is 31.6. The normalized spacial score (nSPS) is 14.8. The molecule has 2 aromatic carbocycles. The molecule has 1 aliphatic heterocycles. The Bertz CT molecular complexity index is 1040. The number of rotatable bonds is 4. The lowest BCUT2D eigenvalue weighted by atomic mass is 9.95. The fraction of sp³-hybridized carbons (Fsp3) is 0.286. The van der Waals surface area contributed by atoms with Crippen molar-refractivity contribution >= 4 is 54.4 Å². The van der Waals surface area contributed by atoms with Crippen molar-refractivity contribution in [3.8, 4) is 5.75 Å². The molecule has 0 atom stereocenters. The molecule has 4 rings (SSSR count). The van der Waals surface area contributed by atoms with Crippen molar-refractivity contribution in [3.63, 3.8) is 0 Å². The van der Waals surface area contributed by atoms with Crippen LogP contribution in [0.25, 0.3) is 10.2 Å². The maximum atomic E-state index is 12.7. The maximum Gasteiger partial charge on any atom is 0.253 e. The van der Waals surface area contributed by atoms with Crippen molar-refractivity contribution in [2.45, 2.75) is 12.8 Å². The second kappa shape index (κ2) is 8.51. The van der Waals surface area contributed by atoms with Gasteiger partial charge in [-0.1, -0.05) is 27.3 Å². The Morgan fingerprint density at radius 2 is 1.90 bits per heavy atom. The number of anilines is 1. The summed E-state index contributed by atoms with van der Waals surface area (Å²) in [6.45, 7) is 1.15. The first-order valence-electron chi connectivity index (χ1n) is 9.34. The summed E-state index contributed by atoms with van der Waals surface area (Å²) >= 11 is 4.81. The van der Waals surface area contributed by atoms with Crippen LogP contribution in [0.2, 0.25) is 0 Å². The zero-order valence-electron chi connectivity index (χ0n) is 15.9. The summed E-state index contributed by atoms with van der Waals surface area (Å²) in [6.07, 6.45) is 1.29. The molecule has 2 amide bonds. The van der Waals surface area contributed by atoms with Gasteiger partial charge in [0.05, 0.1) is 17.3 Å². The van der Waals surface area contributed by atoms with Crippen LogP contribution in [0, 0.1) is 5.92 Å². The molecule has 150 valence electrons. The average molecular weight is 474 g/mol. The van der Waals surface area contributed by atoms with E-state index >= 15 is 0 Å². The predicted octanol–water partition coefficient (Wildman–Crippen LogP) is 4.56. The smallest absolute Gasteiger partial charge is 0.253 e. The number of amides is 2. The first-order valence-corrected chi connectivity index (χ1v) is 10.9. The number of hydrogen-bond donors (Lipinski definition) is 1. The van der Waals surface area contributed by atoms with Gasteiger partial charge in [-0.15, -0.1) is 0 Å². The number of nitrogens with one attached hydrogen (secondary N) is 1. The Kier molecular flexibility index (Phi) is 5.82. The van der Waals surface area contributed by atoms with Gasteiger partial charge in [0.1, 0.15) is 5.75 Å². The second-order valence-corrected chi connectivity index (χ2v) is 8.86. The first kappa shape index (κ1) is 19.8. The van der Waals surface area contributed by atoms with E-state index in [0.29, 0.717) is 36.6 Å². The fourth-order valence-electron chi connectivity index (χ4n) is 3.41. The number of nitrogens with zero attached hydrogens (tertiary/aromatic N) is 2. The van der Waals surface area contributed by atoms with E-state index in [9.17, 15) is 9.59 Å². The van der Waals surface area contributed by atoms with Gasteiger partial charge in [-0.05, 0) is 55.3 Å². The molecule has 29 heavy (non-hydrogen) atoms. The summed E-state index contributed by atoms with van der Waals surface area (Å²) in [6, 6.07) is 13.0. The third-order valence-corrected chi connectivity index (χ3v) is 6.53. The molecule has 0 bridgehead atoms. The minimum absolute atomic E-state index is 0.0106. The zero-order chi connectivity index (χ0) is 20.4. The lowest BCUT2D eigenvalue weighted by Crippen LogP contribution is -2.41.